The number of hydrogen-bond donors (Lipinski definition) is 3. The van der Waals surface area contributed by atoms with Gasteiger partial charge in [-0.1, -0.05) is 17.7 Å². The Morgan fingerprint density at radius 3 is 2.66 bits per heavy atom. The van der Waals surface area contributed by atoms with Crippen LogP contribution in [0.3, 0.4) is 0 Å². The molecule has 0 unspecified atom stereocenters. The van der Waals surface area contributed by atoms with Gasteiger partial charge in [-0.15, -0.1) is 11.3 Å². The van der Waals surface area contributed by atoms with E-state index in [2.05, 4.69) is 15.7 Å². The van der Waals surface area contributed by atoms with E-state index in [1.807, 2.05) is 0 Å². The van der Waals surface area contributed by atoms with Crippen molar-refractivity contribution in [3.63, 3.8) is 0 Å². The van der Waals surface area contributed by atoms with Gasteiger partial charge < -0.3 is 15.7 Å². The molecule has 1 aliphatic rings. The average Bonchev–Trinajstić information content (AvgIpc) is 3.31. The SMILES string of the molecule is O=C(Nc1ccc(O)cc1)c1nn2c(c1Cl)N[C@H](c1cccs1)C[C@H]2C(F)(F)F. The molecule has 0 fully saturated rings. The zero-order valence-electron chi connectivity index (χ0n) is 14.6. The number of fused-ring (bicyclic) bond motifs is 1. The van der Waals surface area contributed by atoms with Gasteiger partial charge in [0.05, 0.1) is 6.04 Å². The van der Waals surface area contributed by atoms with Gasteiger partial charge in [-0.2, -0.15) is 18.3 Å². The summed E-state index contributed by atoms with van der Waals surface area (Å²) in [4.78, 5) is 13.3. The van der Waals surface area contributed by atoms with E-state index in [0.717, 1.165) is 9.56 Å². The van der Waals surface area contributed by atoms with Gasteiger partial charge in [0.25, 0.3) is 5.91 Å². The molecule has 1 aromatic carbocycles. The van der Waals surface area contributed by atoms with E-state index in [-0.39, 0.29) is 28.7 Å². The second-order valence-electron chi connectivity index (χ2n) is 6.46. The molecule has 29 heavy (non-hydrogen) atoms. The highest BCUT2D eigenvalue weighted by atomic mass is 35.5. The van der Waals surface area contributed by atoms with Crippen LogP contribution in [0.25, 0.3) is 0 Å². The minimum atomic E-state index is -4.56. The number of amides is 1. The van der Waals surface area contributed by atoms with Crippen LogP contribution in [0.4, 0.5) is 24.7 Å². The average molecular weight is 443 g/mol. The molecule has 0 saturated heterocycles. The zero-order valence-corrected chi connectivity index (χ0v) is 16.1. The summed E-state index contributed by atoms with van der Waals surface area (Å²) in [5.74, 6) is -0.789. The molecule has 3 heterocycles. The number of phenols is 1. The number of carbonyl (C=O) groups is 1. The lowest BCUT2D eigenvalue weighted by molar-refractivity contribution is -0.173. The van der Waals surface area contributed by atoms with Gasteiger partial charge in [-0.05, 0) is 35.7 Å². The Hall–Kier alpha value is -2.72. The quantitative estimate of drug-likeness (QED) is 0.486. The molecule has 152 valence electrons. The lowest BCUT2D eigenvalue weighted by Gasteiger charge is -2.32. The van der Waals surface area contributed by atoms with Crippen LogP contribution in [-0.4, -0.2) is 27.0 Å². The van der Waals surface area contributed by atoms with Crippen LogP contribution in [0.1, 0.15) is 33.9 Å². The number of aromatic nitrogens is 2. The maximum atomic E-state index is 13.7. The number of rotatable bonds is 3. The third kappa shape index (κ3) is 3.77. The molecule has 3 N–H and O–H groups in total. The fourth-order valence-electron chi connectivity index (χ4n) is 3.15. The van der Waals surface area contributed by atoms with E-state index in [4.69, 9.17) is 11.6 Å². The molecule has 0 spiro atoms. The van der Waals surface area contributed by atoms with Crippen molar-refractivity contribution in [2.24, 2.45) is 0 Å². The lowest BCUT2D eigenvalue weighted by Crippen LogP contribution is -2.35. The van der Waals surface area contributed by atoms with Gasteiger partial charge >= 0.3 is 6.18 Å². The number of halogens is 4. The van der Waals surface area contributed by atoms with Crippen LogP contribution in [0, 0.1) is 0 Å². The standard InChI is InChI=1S/C18H14ClF3N4O2S/c19-14-15(17(28)23-9-3-5-10(27)6-4-9)25-26-13(18(20,21)22)8-11(24-16(14)26)12-2-1-7-29-12/h1-7,11,13,24,27H,8H2,(H,23,28)/t11-,13-/m0/s1. The molecule has 0 aliphatic carbocycles. The number of hydrogen-bond acceptors (Lipinski definition) is 5. The largest absolute Gasteiger partial charge is 0.508 e. The fraction of sp³-hybridized carbons (Fsp3) is 0.222. The summed E-state index contributed by atoms with van der Waals surface area (Å²) in [6, 6.07) is 6.60. The van der Waals surface area contributed by atoms with Gasteiger partial charge in [-0.25, -0.2) is 4.68 Å². The summed E-state index contributed by atoms with van der Waals surface area (Å²) in [6.07, 6.45) is -4.83. The molecule has 0 radical (unpaired) electrons. The fourth-order valence-corrected chi connectivity index (χ4v) is 4.20. The Labute approximate surface area is 171 Å². The third-order valence-electron chi connectivity index (χ3n) is 4.52. The molecular formula is C18H14ClF3N4O2S. The van der Waals surface area contributed by atoms with Crippen molar-refractivity contribution in [1.29, 1.82) is 0 Å². The Balaban J connectivity index is 1.69. The number of anilines is 2. The first-order valence-electron chi connectivity index (χ1n) is 8.49. The van der Waals surface area contributed by atoms with Crippen molar-refractivity contribution < 1.29 is 23.1 Å². The molecule has 4 rings (SSSR count). The summed E-state index contributed by atoms with van der Waals surface area (Å²) < 4.78 is 41.9. The molecule has 2 aromatic heterocycles. The highest BCUT2D eigenvalue weighted by Crippen LogP contribution is 2.46. The van der Waals surface area contributed by atoms with E-state index in [9.17, 15) is 23.1 Å². The number of carbonyl (C=O) groups excluding carboxylic acids is 1. The van der Waals surface area contributed by atoms with Crippen molar-refractivity contribution in [2.45, 2.75) is 24.7 Å². The van der Waals surface area contributed by atoms with Gasteiger partial charge in [0.1, 0.15) is 16.6 Å². The Kier molecular flexibility index (Phi) is 4.91. The van der Waals surface area contributed by atoms with Crippen LogP contribution >= 0.6 is 22.9 Å². The van der Waals surface area contributed by atoms with E-state index in [1.54, 1.807) is 17.5 Å². The summed E-state index contributed by atoms with van der Waals surface area (Å²) in [6.45, 7) is 0. The van der Waals surface area contributed by atoms with Gasteiger partial charge in [0, 0.05) is 17.0 Å². The van der Waals surface area contributed by atoms with Crippen molar-refractivity contribution >= 4 is 40.4 Å². The second-order valence-corrected chi connectivity index (χ2v) is 7.82. The number of nitrogens with zero attached hydrogens (tertiary/aromatic N) is 2. The first-order chi connectivity index (χ1) is 13.7. The summed E-state index contributed by atoms with van der Waals surface area (Å²) >= 11 is 7.60. The molecular weight excluding hydrogens is 429 g/mol. The number of aromatic hydroxyl groups is 1. The van der Waals surface area contributed by atoms with E-state index >= 15 is 0 Å². The van der Waals surface area contributed by atoms with Crippen molar-refractivity contribution in [2.75, 3.05) is 10.6 Å². The number of nitrogens with one attached hydrogen (secondary N) is 2. The molecule has 3 aromatic rings. The summed E-state index contributed by atoms with van der Waals surface area (Å²) in [5.41, 5.74) is 0.0231. The molecule has 1 aliphatic heterocycles. The Bertz CT molecular complexity index is 1030. The molecule has 6 nitrogen and oxygen atoms in total. The first-order valence-corrected chi connectivity index (χ1v) is 9.75. The molecule has 11 heteroatoms. The Morgan fingerprint density at radius 2 is 2.03 bits per heavy atom. The van der Waals surface area contributed by atoms with Crippen molar-refractivity contribution in [3.05, 3.63) is 57.4 Å². The van der Waals surface area contributed by atoms with Gasteiger partial charge in [0.15, 0.2) is 11.7 Å². The van der Waals surface area contributed by atoms with Crippen LogP contribution in [0.5, 0.6) is 5.75 Å². The molecule has 2 atom stereocenters. The topological polar surface area (TPSA) is 79.2 Å². The van der Waals surface area contributed by atoms with Crippen molar-refractivity contribution in [1.82, 2.24) is 9.78 Å². The number of alkyl halides is 3. The summed E-state index contributed by atoms with van der Waals surface area (Å²) in [5, 5.41) is 20.3. The summed E-state index contributed by atoms with van der Waals surface area (Å²) in [7, 11) is 0. The Morgan fingerprint density at radius 1 is 1.31 bits per heavy atom. The minimum absolute atomic E-state index is 0.00956. The van der Waals surface area contributed by atoms with Crippen molar-refractivity contribution in [3.8, 4) is 5.75 Å². The van der Waals surface area contributed by atoms with E-state index in [0.29, 0.717) is 5.69 Å². The number of thiophene rings is 1. The van der Waals surface area contributed by atoms with Crippen LogP contribution in [-0.2, 0) is 0 Å². The molecule has 0 saturated carbocycles. The van der Waals surface area contributed by atoms with E-state index < -0.39 is 24.2 Å². The van der Waals surface area contributed by atoms with E-state index in [1.165, 1.54) is 35.6 Å². The first kappa shape index (κ1) is 19.6. The van der Waals surface area contributed by atoms with Crippen LogP contribution < -0.4 is 10.6 Å². The normalized spacial score (nSPS) is 18.8. The predicted octanol–water partition coefficient (Wildman–Crippen LogP) is 5.22. The molecule has 0 bridgehead atoms. The second kappa shape index (κ2) is 7.27. The lowest BCUT2D eigenvalue weighted by atomic mass is 10.0. The highest BCUT2D eigenvalue weighted by Gasteiger charge is 2.48. The predicted molar refractivity (Wildman–Crippen MR) is 104 cm³/mol. The number of benzene rings is 1. The van der Waals surface area contributed by atoms with Gasteiger partial charge in [0.2, 0.25) is 0 Å². The van der Waals surface area contributed by atoms with Crippen LogP contribution in [0.15, 0.2) is 41.8 Å². The zero-order chi connectivity index (χ0) is 20.8. The molecule has 1 amide bonds. The minimum Gasteiger partial charge on any atom is -0.508 e. The maximum Gasteiger partial charge on any atom is 0.410 e. The van der Waals surface area contributed by atoms with Crippen LogP contribution in [0.2, 0.25) is 5.02 Å². The maximum absolute atomic E-state index is 13.7. The highest BCUT2D eigenvalue weighted by molar-refractivity contribution is 7.10. The number of phenolic OH excluding ortho intramolecular Hbond substituents is 1. The monoisotopic (exact) mass is 442 g/mol. The smallest absolute Gasteiger partial charge is 0.410 e. The third-order valence-corrected chi connectivity index (χ3v) is 5.87. The van der Waals surface area contributed by atoms with Gasteiger partial charge in [-0.3, -0.25) is 4.79 Å².